The number of rotatable bonds is 7. The molecule has 0 radical (unpaired) electrons. The summed E-state index contributed by atoms with van der Waals surface area (Å²) in [6, 6.07) is 12.5. The molecule has 2 aromatic rings. The molecule has 0 heterocycles. The Balaban J connectivity index is 2.12. The van der Waals surface area contributed by atoms with Gasteiger partial charge in [0.1, 0.15) is 0 Å². The van der Waals surface area contributed by atoms with E-state index < -0.39 is 0 Å². The lowest BCUT2D eigenvalue weighted by molar-refractivity contribution is 0.0950. The van der Waals surface area contributed by atoms with Crippen LogP contribution in [-0.4, -0.2) is 33.8 Å². The van der Waals surface area contributed by atoms with Crippen molar-refractivity contribution in [2.24, 2.45) is 5.73 Å². The molecular formula is C18H22N2O4. The van der Waals surface area contributed by atoms with Gasteiger partial charge in [-0.3, -0.25) is 4.79 Å². The molecule has 0 aliphatic rings. The second kappa shape index (κ2) is 8.21. The smallest absolute Gasteiger partial charge is 0.251 e. The van der Waals surface area contributed by atoms with Crippen LogP contribution < -0.4 is 25.3 Å². The van der Waals surface area contributed by atoms with E-state index in [0.29, 0.717) is 29.4 Å². The lowest BCUT2D eigenvalue weighted by atomic mass is 10.1. The molecule has 2 rings (SSSR count). The second-order valence-corrected chi connectivity index (χ2v) is 5.14. The van der Waals surface area contributed by atoms with Crippen LogP contribution in [0.1, 0.15) is 22.0 Å². The summed E-state index contributed by atoms with van der Waals surface area (Å²) in [6.07, 6.45) is 0. The largest absolute Gasteiger partial charge is 0.493 e. The molecule has 0 saturated heterocycles. The monoisotopic (exact) mass is 330 g/mol. The van der Waals surface area contributed by atoms with E-state index >= 15 is 0 Å². The maximum Gasteiger partial charge on any atom is 0.251 e. The molecule has 0 aromatic heterocycles. The molecule has 0 saturated carbocycles. The van der Waals surface area contributed by atoms with Crippen LogP contribution in [0.3, 0.4) is 0 Å². The van der Waals surface area contributed by atoms with Crippen LogP contribution in [0.15, 0.2) is 42.5 Å². The molecule has 1 unspecified atom stereocenters. The summed E-state index contributed by atoms with van der Waals surface area (Å²) in [5, 5.41) is 2.82. The zero-order valence-electron chi connectivity index (χ0n) is 14.0. The maximum absolute atomic E-state index is 12.4. The summed E-state index contributed by atoms with van der Waals surface area (Å²) < 4.78 is 15.8. The normalized spacial score (nSPS) is 11.5. The second-order valence-electron chi connectivity index (χ2n) is 5.14. The number of methoxy groups -OCH3 is 3. The first-order valence-electron chi connectivity index (χ1n) is 7.49. The van der Waals surface area contributed by atoms with Crippen molar-refractivity contribution in [3.05, 3.63) is 53.6 Å². The Hall–Kier alpha value is -2.73. The van der Waals surface area contributed by atoms with E-state index in [0.717, 1.165) is 5.56 Å². The van der Waals surface area contributed by atoms with Gasteiger partial charge in [-0.2, -0.15) is 0 Å². The number of amides is 1. The first-order chi connectivity index (χ1) is 11.6. The highest BCUT2D eigenvalue weighted by Gasteiger charge is 2.17. The fourth-order valence-corrected chi connectivity index (χ4v) is 2.33. The number of ether oxygens (including phenoxy) is 3. The van der Waals surface area contributed by atoms with E-state index in [9.17, 15) is 4.79 Å². The number of nitrogens with one attached hydrogen (secondary N) is 1. The van der Waals surface area contributed by atoms with Gasteiger partial charge in [-0.05, 0) is 17.7 Å². The summed E-state index contributed by atoms with van der Waals surface area (Å²) in [5.41, 5.74) is 7.46. The predicted molar refractivity (Wildman–Crippen MR) is 91.8 cm³/mol. The summed E-state index contributed by atoms with van der Waals surface area (Å²) in [5.74, 6) is 1.03. The molecule has 1 atom stereocenters. The summed E-state index contributed by atoms with van der Waals surface area (Å²) in [6.45, 7) is 0.319. The van der Waals surface area contributed by atoms with Crippen molar-refractivity contribution in [1.82, 2.24) is 5.32 Å². The molecule has 6 heteroatoms. The van der Waals surface area contributed by atoms with E-state index in [1.807, 2.05) is 30.3 Å². The summed E-state index contributed by atoms with van der Waals surface area (Å²) >= 11 is 0. The Labute approximate surface area is 141 Å². The predicted octanol–water partition coefficient (Wildman–Crippen LogP) is 2.14. The van der Waals surface area contributed by atoms with Gasteiger partial charge in [-0.25, -0.2) is 0 Å². The number of carbonyl (C=O) groups is 1. The first-order valence-corrected chi connectivity index (χ1v) is 7.49. The molecule has 0 aliphatic carbocycles. The van der Waals surface area contributed by atoms with Crippen LogP contribution in [0.2, 0.25) is 0 Å². The molecule has 128 valence electrons. The average Bonchev–Trinajstić information content (AvgIpc) is 2.65. The Bertz CT molecular complexity index is 664. The highest BCUT2D eigenvalue weighted by Crippen LogP contribution is 2.38. The van der Waals surface area contributed by atoms with Crippen LogP contribution in [0.5, 0.6) is 17.2 Å². The van der Waals surface area contributed by atoms with E-state index in [4.69, 9.17) is 19.9 Å². The fourth-order valence-electron chi connectivity index (χ4n) is 2.33. The maximum atomic E-state index is 12.4. The van der Waals surface area contributed by atoms with Gasteiger partial charge in [0.25, 0.3) is 5.91 Å². The highest BCUT2D eigenvalue weighted by molar-refractivity contribution is 5.95. The van der Waals surface area contributed by atoms with Crippen LogP contribution in [-0.2, 0) is 0 Å². The molecule has 2 aromatic carbocycles. The molecule has 0 bridgehead atoms. The lowest BCUT2D eigenvalue weighted by Crippen LogP contribution is -2.31. The Morgan fingerprint density at radius 1 is 1.04 bits per heavy atom. The van der Waals surface area contributed by atoms with Crippen molar-refractivity contribution in [1.29, 1.82) is 0 Å². The molecule has 0 spiro atoms. The SMILES string of the molecule is COc1cc(C(=O)NCC(N)c2ccccc2)cc(OC)c1OC. The third-order valence-electron chi connectivity index (χ3n) is 3.64. The summed E-state index contributed by atoms with van der Waals surface area (Å²) in [4.78, 5) is 12.4. The number of hydrogen-bond donors (Lipinski definition) is 2. The quantitative estimate of drug-likeness (QED) is 0.813. The molecular weight excluding hydrogens is 308 g/mol. The van der Waals surface area contributed by atoms with Gasteiger partial charge in [0, 0.05) is 18.2 Å². The number of nitrogens with two attached hydrogens (primary N) is 1. The molecule has 3 N–H and O–H groups in total. The van der Waals surface area contributed by atoms with Crippen molar-refractivity contribution in [3.8, 4) is 17.2 Å². The first kappa shape index (κ1) is 17.6. The van der Waals surface area contributed by atoms with Crippen LogP contribution in [0.25, 0.3) is 0 Å². The minimum absolute atomic E-state index is 0.263. The minimum atomic E-state index is -0.280. The molecule has 0 aliphatic heterocycles. The van der Waals surface area contributed by atoms with Gasteiger partial charge in [0.05, 0.1) is 21.3 Å². The van der Waals surface area contributed by atoms with Crippen molar-refractivity contribution in [3.63, 3.8) is 0 Å². The minimum Gasteiger partial charge on any atom is -0.493 e. The molecule has 6 nitrogen and oxygen atoms in total. The third kappa shape index (κ3) is 3.97. The molecule has 24 heavy (non-hydrogen) atoms. The number of hydrogen-bond acceptors (Lipinski definition) is 5. The number of benzene rings is 2. The van der Waals surface area contributed by atoms with E-state index in [-0.39, 0.29) is 11.9 Å². The topological polar surface area (TPSA) is 82.8 Å². The van der Waals surface area contributed by atoms with Gasteiger partial charge in [0.15, 0.2) is 11.5 Å². The summed E-state index contributed by atoms with van der Waals surface area (Å²) in [7, 11) is 4.52. The standard InChI is InChI=1S/C18H22N2O4/c1-22-15-9-13(10-16(23-2)17(15)24-3)18(21)20-11-14(19)12-7-5-4-6-8-12/h4-10,14H,11,19H2,1-3H3,(H,20,21). The zero-order valence-corrected chi connectivity index (χ0v) is 14.0. The van der Waals surface area contributed by atoms with Crippen LogP contribution >= 0.6 is 0 Å². The number of carbonyl (C=O) groups excluding carboxylic acids is 1. The van der Waals surface area contributed by atoms with Crippen LogP contribution in [0.4, 0.5) is 0 Å². The highest BCUT2D eigenvalue weighted by atomic mass is 16.5. The fraction of sp³-hybridized carbons (Fsp3) is 0.278. The van der Waals surface area contributed by atoms with Crippen molar-refractivity contribution in [2.75, 3.05) is 27.9 Å². The van der Waals surface area contributed by atoms with Crippen LogP contribution in [0, 0.1) is 0 Å². The Kier molecular flexibility index (Phi) is 6.03. The van der Waals surface area contributed by atoms with Crippen molar-refractivity contribution >= 4 is 5.91 Å². The Morgan fingerprint density at radius 3 is 2.12 bits per heavy atom. The lowest BCUT2D eigenvalue weighted by Gasteiger charge is -2.16. The van der Waals surface area contributed by atoms with E-state index in [1.54, 1.807) is 12.1 Å². The van der Waals surface area contributed by atoms with E-state index in [1.165, 1.54) is 21.3 Å². The van der Waals surface area contributed by atoms with Gasteiger partial charge < -0.3 is 25.3 Å². The van der Waals surface area contributed by atoms with Gasteiger partial charge in [0.2, 0.25) is 5.75 Å². The average molecular weight is 330 g/mol. The van der Waals surface area contributed by atoms with Gasteiger partial charge in [-0.15, -0.1) is 0 Å². The van der Waals surface area contributed by atoms with Crippen molar-refractivity contribution in [2.45, 2.75) is 6.04 Å². The third-order valence-corrected chi connectivity index (χ3v) is 3.64. The van der Waals surface area contributed by atoms with Crippen molar-refractivity contribution < 1.29 is 19.0 Å². The molecule has 1 amide bonds. The van der Waals surface area contributed by atoms with E-state index in [2.05, 4.69) is 5.32 Å². The molecule has 0 fully saturated rings. The zero-order chi connectivity index (χ0) is 17.5. The van der Waals surface area contributed by atoms with Gasteiger partial charge in [-0.1, -0.05) is 30.3 Å². The van der Waals surface area contributed by atoms with Gasteiger partial charge >= 0.3 is 0 Å². The Morgan fingerprint density at radius 2 is 1.62 bits per heavy atom.